The van der Waals surface area contributed by atoms with Crippen LogP contribution in [0.3, 0.4) is 0 Å². The minimum atomic E-state index is -0.655. The molecule has 43 heavy (non-hydrogen) atoms. The number of benzene rings is 4. The zero-order valence-corrected chi connectivity index (χ0v) is 29.0. The zero-order chi connectivity index (χ0) is 30.7. The molecule has 0 spiro atoms. The van der Waals surface area contributed by atoms with Crippen molar-refractivity contribution in [3.05, 3.63) is 97.1 Å². The number of rotatable bonds is 10. The van der Waals surface area contributed by atoms with Gasteiger partial charge in [-0.1, -0.05) is 79.2 Å². The lowest BCUT2D eigenvalue weighted by molar-refractivity contribution is 0.888. The van der Waals surface area contributed by atoms with E-state index in [1.54, 1.807) is 0 Å². The highest BCUT2D eigenvalue weighted by atomic mass is 31.1. The van der Waals surface area contributed by atoms with E-state index in [2.05, 4.69) is 173 Å². The molecule has 5 rings (SSSR count). The van der Waals surface area contributed by atoms with E-state index in [-0.39, 0.29) is 0 Å². The van der Waals surface area contributed by atoms with E-state index in [4.69, 9.17) is 0 Å². The predicted octanol–water partition coefficient (Wildman–Crippen LogP) is 6.44. The molecule has 0 aromatic heterocycles. The van der Waals surface area contributed by atoms with Crippen LogP contribution in [0.15, 0.2) is 97.1 Å². The van der Waals surface area contributed by atoms with Crippen molar-refractivity contribution in [2.75, 3.05) is 76.0 Å². The maximum Gasteiger partial charge on any atom is 0.0442 e. The van der Waals surface area contributed by atoms with Crippen LogP contribution in [0.1, 0.15) is 19.3 Å². The van der Waals surface area contributed by atoms with Crippen LogP contribution in [0, 0.1) is 0 Å². The third-order valence-corrected chi connectivity index (χ3v) is 15.0. The first-order valence-electron chi connectivity index (χ1n) is 15.3. The molecule has 1 fully saturated rings. The second kappa shape index (κ2) is 13.7. The standard InChI is InChI=1S/C37H48N4P2/c1-38(2)28-18-9-13-22-32(28)42(33-23-14-10-19-29(33)39(3)4)36-26-17-27-37(36)43(34-24-15-11-20-30(34)40(5)6)35-25-16-12-21-31(35)41(7)8/h9-16,18-25,36-37H,17,26-27H2,1-8H3. The molecule has 0 saturated heterocycles. The molecule has 4 nitrogen and oxygen atoms in total. The van der Waals surface area contributed by atoms with E-state index < -0.39 is 15.8 Å². The summed E-state index contributed by atoms with van der Waals surface area (Å²) in [4.78, 5) is 9.27. The maximum atomic E-state index is 2.42. The summed E-state index contributed by atoms with van der Waals surface area (Å²) in [6.07, 6.45) is 3.79. The van der Waals surface area contributed by atoms with Gasteiger partial charge in [-0.2, -0.15) is 0 Å². The molecule has 2 atom stereocenters. The highest BCUT2D eigenvalue weighted by Gasteiger charge is 2.43. The Kier molecular flexibility index (Phi) is 10.0. The summed E-state index contributed by atoms with van der Waals surface area (Å²) in [6.45, 7) is 0. The van der Waals surface area contributed by atoms with Crippen molar-refractivity contribution in [2.24, 2.45) is 0 Å². The van der Waals surface area contributed by atoms with Crippen LogP contribution >= 0.6 is 15.8 Å². The third kappa shape index (κ3) is 6.43. The minimum Gasteiger partial charge on any atom is -0.377 e. The lowest BCUT2D eigenvalue weighted by atomic mass is 10.3. The van der Waals surface area contributed by atoms with Crippen molar-refractivity contribution < 1.29 is 0 Å². The molecule has 2 unspecified atom stereocenters. The second-order valence-corrected chi connectivity index (χ2v) is 17.1. The van der Waals surface area contributed by atoms with Gasteiger partial charge in [0.25, 0.3) is 0 Å². The van der Waals surface area contributed by atoms with Crippen LogP contribution in [0.4, 0.5) is 22.7 Å². The molecule has 1 saturated carbocycles. The van der Waals surface area contributed by atoms with Gasteiger partial charge in [-0.25, -0.2) is 0 Å². The largest absolute Gasteiger partial charge is 0.377 e. The van der Waals surface area contributed by atoms with Crippen LogP contribution in [0.5, 0.6) is 0 Å². The number of nitrogens with zero attached hydrogens (tertiary/aromatic N) is 4. The number of hydrogen-bond acceptors (Lipinski definition) is 4. The van der Waals surface area contributed by atoms with E-state index in [1.807, 2.05) is 0 Å². The van der Waals surface area contributed by atoms with Crippen LogP contribution in [0.2, 0.25) is 0 Å². The van der Waals surface area contributed by atoms with Crippen LogP contribution < -0.4 is 40.8 Å². The van der Waals surface area contributed by atoms with E-state index in [0.29, 0.717) is 11.3 Å². The topological polar surface area (TPSA) is 13.0 Å². The fourth-order valence-corrected chi connectivity index (χ4v) is 14.4. The molecule has 6 heteroatoms. The molecule has 0 heterocycles. The van der Waals surface area contributed by atoms with Gasteiger partial charge in [0, 0.05) is 100 Å². The molecule has 0 bridgehead atoms. The van der Waals surface area contributed by atoms with Crippen molar-refractivity contribution in [3.8, 4) is 0 Å². The summed E-state index contributed by atoms with van der Waals surface area (Å²) in [6, 6.07) is 36.8. The molecule has 0 aliphatic heterocycles. The molecule has 0 N–H and O–H groups in total. The van der Waals surface area contributed by atoms with E-state index in [9.17, 15) is 0 Å². The molecule has 4 aromatic carbocycles. The lowest BCUT2D eigenvalue weighted by Crippen LogP contribution is -2.36. The Morgan fingerprint density at radius 3 is 0.860 bits per heavy atom. The Bertz CT molecular complexity index is 1300. The molecule has 0 radical (unpaired) electrons. The predicted molar refractivity (Wildman–Crippen MR) is 197 cm³/mol. The molecule has 0 amide bonds. The molecule has 1 aliphatic carbocycles. The monoisotopic (exact) mass is 610 g/mol. The lowest BCUT2D eigenvalue weighted by Gasteiger charge is -2.39. The zero-order valence-electron chi connectivity index (χ0n) is 27.2. The number of hydrogen-bond donors (Lipinski definition) is 0. The fourth-order valence-electron chi connectivity index (χ4n) is 6.68. The van der Waals surface area contributed by atoms with Gasteiger partial charge in [0.1, 0.15) is 0 Å². The van der Waals surface area contributed by atoms with E-state index >= 15 is 0 Å². The molecular formula is C37H48N4P2. The average Bonchev–Trinajstić information content (AvgIpc) is 3.47. The maximum absolute atomic E-state index is 2.42. The van der Waals surface area contributed by atoms with Crippen molar-refractivity contribution >= 4 is 59.8 Å². The second-order valence-electron chi connectivity index (χ2n) is 12.3. The van der Waals surface area contributed by atoms with Crippen molar-refractivity contribution in [2.45, 2.75) is 30.6 Å². The summed E-state index contributed by atoms with van der Waals surface area (Å²) in [7, 11) is 16.3. The van der Waals surface area contributed by atoms with Gasteiger partial charge >= 0.3 is 0 Å². The SMILES string of the molecule is CN(C)c1ccccc1P(c1ccccc1N(C)C)C1CCCC1P(c1ccccc1N(C)C)c1ccccc1N(C)C. The molecule has 226 valence electrons. The Hall–Kier alpha value is -3.06. The average molecular weight is 611 g/mol. The van der Waals surface area contributed by atoms with Crippen molar-refractivity contribution in [1.29, 1.82) is 0 Å². The normalized spacial score (nSPS) is 16.5. The van der Waals surface area contributed by atoms with Gasteiger partial charge in [0.2, 0.25) is 0 Å². The molecule has 1 aliphatic rings. The van der Waals surface area contributed by atoms with Crippen LogP contribution in [0.25, 0.3) is 0 Å². The number of para-hydroxylation sites is 4. The quantitative estimate of drug-likeness (QED) is 0.192. The van der Waals surface area contributed by atoms with Gasteiger partial charge in [0.15, 0.2) is 0 Å². The van der Waals surface area contributed by atoms with Crippen molar-refractivity contribution in [1.82, 2.24) is 0 Å². The fraction of sp³-hybridized carbons (Fsp3) is 0.351. The minimum absolute atomic E-state index is 0.564. The van der Waals surface area contributed by atoms with E-state index in [0.717, 1.165) is 0 Å². The van der Waals surface area contributed by atoms with Gasteiger partial charge in [0.05, 0.1) is 0 Å². The van der Waals surface area contributed by atoms with Gasteiger partial charge in [-0.15, -0.1) is 0 Å². The Morgan fingerprint density at radius 2 is 0.628 bits per heavy atom. The van der Waals surface area contributed by atoms with Gasteiger partial charge in [-0.3, -0.25) is 0 Å². The summed E-state index contributed by atoms with van der Waals surface area (Å²) < 4.78 is 0. The molecule has 4 aromatic rings. The first kappa shape index (κ1) is 31.4. The summed E-state index contributed by atoms with van der Waals surface area (Å²) in [5.74, 6) is 0. The summed E-state index contributed by atoms with van der Waals surface area (Å²) in [5, 5.41) is 6.02. The highest BCUT2D eigenvalue weighted by Crippen LogP contribution is 2.60. The third-order valence-electron chi connectivity index (χ3n) is 8.60. The summed E-state index contributed by atoms with van der Waals surface area (Å²) in [5.41, 5.74) is 6.51. The van der Waals surface area contributed by atoms with E-state index in [1.165, 1.54) is 63.2 Å². The van der Waals surface area contributed by atoms with Crippen molar-refractivity contribution in [3.63, 3.8) is 0 Å². The molecular weight excluding hydrogens is 562 g/mol. The van der Waals surface area contributed by atoms with Crippen LogP contribution in [-0.2, 0) is 0 Å². The number of anilines is 4. The Labute approximate surface area is 262 Å². The van der Waals surface area contributed by atoms with Crippen LogP contribution in [-0.4, -0.2) is 67.7 Å². The first-order valence-corrected chi connectivity index (χ1v) is 18.2. The summed E-state index contributed by atoms with van der Waals surface area (Å²) >= 11 is 0. The Balaban J connectivity index is 1.78. The highest BCUT2D eigenvalue weighted by molar-refractivity contribution is 7.78. The first-order chi connectivity index (χ1) is 20.7. The Morgan fingerprint density at radius 1 is 0.395 bits per heavy atom. The van der Waals surface area contributed by atoms with Gasteiger partial charge in [-0.05, 0) is 64.3 Å². The van der Waals surface area contributed by atoms with Gasteiger partial charge < -0.3 is 19.6 Å². The smallest absolute Gasteiger partial charge is 0.0442 e.